The SMILES string of the molecule is CCNCc1oc2cc(F)c(Br)cc2c1C(C)(C)C. The van der Waals surface area contributed by atoms with E-state index in [-0.39, 0.29) is 11.2 Å². The first-order chi connectivity index (χ1) is 8.84. The van der Waals surface area contributed by atoms with Crippen molar-refractivity contribution in [3.05, 3.63) is 33.7 Å². The molecule has 1 heterocycles. The molecule has 1 aromatic carbocycles. The quantitative estimate of drug-likeness (QED) is 0.880. The number of nitrogens with one attached hydrogen (secondary N) is 1. The summed E-state index contributed by atoms with van der Waals surface area (Å²) in [4.78, 5) is 0. The summed E-state index contributed by atoms with van der Waals surface area (Å²) in [5.74, 6) is 0.596. The van der Waals surface area contributed by atoms with Gasteiger partial charge in [0.15, 0.2) is 0 Å². The van der Waals surface area contributed by atoms with E-state index in [0.717, 1.165) is 23.3 Å². The maximum absolute atomic E-state index is 13.6. The Labute approximate surface area is 121 Å². The molecule has 0 amide bonds. The number of rotatable bonds is 3. The van der Waals surface area contributed by atoms with E-state index in [0.29, 0.717) is 16.6 Å². The van der Waals surface area contributed by atoms with Crippen LogP contribution in [0.25, 0.3) is 11.0 Å². The fourth-order valence-corrected chi connectivity index (χ4v) is 2.67. The number of fused-ring (bicyclic) bond motifs is 1. The Morgan fingerprint density at radius 1 is 1.32 bits per heavy atom. The van der Waals surface area contributed by atoms with Crippen LogP contribution in [0.1, 0.15) is 39.0 Å². The van der Waals surface area contributed by atoms with Crippen molar-refractivity contribution in [1.82, 2.24) is 5.32 Å². The highest BCUT2D eigenvalue weighted by atomic mass is 79.9. The van der Waals surface area contributed by atoms with Gasteiger partial charge in [-0.3, -0.25) is 0 Å². The summed E-state index contributed by atoms with van der Waals surface area (Å²) in [5.41, 5.74) is 1.70. The number of hydrogen-bond acceptors (Lipinski definition) is 2. The third-order valence-corrected chi connectivity index (χ3v) is 3.70. The molecule has 19 heavy (non-hydrogen) atoms. The fraction of sp³-hybridized carbons (Fsp3) is 0.467. The first kappa shape index (κ1) is 14.5. The predicted octanol–water partition coefficient (Wildman–Crippen LogP) is 4.74. The van der Waals surface area contributed by atoms with Gasteiger partial charge in [-0.1, -0.05) is 27.7 Å². The Kier molecular flexibility index (Phi) is 4.02. The van der Waals surface area contributed by atoms with Gasteiger partial charge >= 0.3 is 0 Å². The van der Waals surface area contributed by atoms with E-state index in [2.05, 4.69) is 48.9 Å². The van der Waals surface area contributed by atoms with Gasteiger partial charge in [0.1, 0.15) is 17.2 Å². The van der Waals surface area contributed by atoms with Crippen molar-refractivity contribution in [1.29, 1.82) is 0 Å². The molecule has 1 N–H and O–H groups in total. The van der Waals surface area contributed by atoms with Gasteiger partial charge in [0, 0.05) is 17.0 Å². The zero-order valence-corrected chi connectivity index (χ0v) is 13.3. The van der Waals surface area contributed by atoms with Crippen LogP contribution in [0.5, 0.6) is 0 Å². The van der Waals surface area contributed by atoms with Crippen molar-refractivity contribution in [3.8, 4) is 0 Å². The summed E-state index contributed by atoms with van der Waals surface area (Å²) in [6, 6.07) is 3.26. The van der Waals surface area contributed by atoms with E-state index < -0.39 is 0 Å². The van der Waals surface area contributed by atoms with E-state index in [1.807, 2.05) is 6.07 Å². The first-order valence-electron chi connectivity index (χ1n) is 6.46. The van der Waals surface area contributed by atoms with E-state index in [4.69, 9.17) is 4.42 Å². The molecule has 0 saturated heterocycles. The second kappa shape index (κ2) is 5.25. The summed E-state index contributed by atoms with van der Waals surface area (Å²) < 4.78 is 19.9. The Morgan fingerprint density at radius 2 is 2.00 bits per heavy atom. The molecule has 104 valence electrons. The third-order valence-electron chi connectivity index (χ3n) is 3.09. The van der Waals surface area contributed by atoms with Gasteiger partial charge in [0.2, 0.25) is 0 Å². The molecule has 2 rings (SSSR count). The highest BCUT2D eigenvalue weighted by Gasteiger charge is 2.25. The lowest BCUT2D eigenvalue weighted by Gasteiger charge is -2.19. The minimum atomic E-state index is -0.295. The average Bonchev–Trinajstić information content (AvgIpc) is 2.64. The highest BCUT2D eigenvalue weighted by molar-refractivity contribution is 9.10. The molecule has 0 spiro atoms. The number of halogens is 2. The molecule has 0 atom stereocenters. The van der Waals surface area contributed by atoms with Crippen LogP contribution in [0.4, 0.5) is 4.39 Å². The number of benzene rings is 1. The molecule has 0 radical (unpaired) electrons. The normalized spacial score (nSPS) is 12.3. The van der Waals surface area contributed by atoms with Crippen LogP contribution in [-0.2, 0) is 12.0 Å². The van der Waals surface area contributed by atoms with Gasteiger partial charge in [-0.25, -0.2) is 4.39 Å². The molecule has 0 saturated carbocycles. The minimum absolute atomic E-state index is 0.0483. The molecular formula is C15H19BrFNO. The Bertz CT molecular complexity index is 598. The molecule has 0 aliphatic rings. The van der Waals surface area contributed by atoms with Crippen molar-refractivity contribution in [2.24, 2.45) is 0 Å². The van der Waals surface area contributed by atoms with Crippen LogP contribution < -0.4 is 5.32 Å². The van der Waals surface area contributed by atoms with Crippen LogP contribution in [0.2, 0.25) is 0 Å². The Hall–Kier alpha value is -0.870. The molecule has 2 aromatic rings. The molecule has 0 fully saturated rings. The summed E-state index contributed by atoms with van der Waals surface area (Å²) in [6.45, 7) is 10.0. The van der Waals surface area contributed by atoms with E-state index in [1.54, 1.807) is 0 Å². The zero-order valence-electron chi connectivity index (χ0n) is 11.7. The van der Waals surface area contributed by atoms with E-state index >= 15 is 0 Å². The number of furan rings is 1. The zero-order chi connectivity index (χ0) is 14.2. The molecule has 1 aromatic heterocycles. The lowest BCUT2D eigenvalue weighted by Crippen LogP contribution is -2.18. The first-order valence-corrected chi connectivity index (χ1v) is 7.25. The largest absolute Gasteiger partial charge is 0.459 e. The van der Waals surface area contributed by atoms with Crippen molar-refractivity contribution in [3.63, 3.8) is 0 Å². The summed E-state index contributed by atoms with van der Waals surface area (Å²) in [6.07, 6.45) is 0. The maximum Gasteiger partial charge on any atom is 0.141 e. The molecular weight excluding hydrogens is 309 g/mol. The van der Waals surface area contributed by atoms with Crippen LogP contribution in [0, 0.1) is 5.82 Å². The van der Waals surface area contributed by atoms with Gasteiger partial charge in [-0.15, -0.1) is 0 Å². The Morgan fingerprint density at radius 3 is 2.58 bits per heavy atom. The smallest absolute Gasteiger partial charge is 0.141 e. The molecule has 0 aliphatic heterocycles. The van der Waals surface area contributed by atoms with Gasteiger partial charge < -0.3 is 9.73 Å². The lowest BCUT2D eigenvalue weighted by atomic mass is 9.85. The van der Waals surface area contributed by atoms with Crippen LogP contribution >= 0.6 is 15.9 Å². The fourth-order valence-electron chi connectivity index (χ4n) is 2.33. The van der Waals surface area contributed by atoms with Gasteiger partial charge in [-0.2, -0.15) is 0 Å². The lowest BCUT2D eigenvalue weighted by molar-refractivity contribution is 0.486. The molecule has 0 bridgehead atoms. The minimum Gasteiger partial charge on any atom is -0.459 e. The van der Waals surface area contributed by atoms with Gasteiger partial charge in [0.05, 0.1) is 11.0 Å². The monoisotopic (exact) mass is 327 g/mol. The molecule has 0 aliphatic carbocycles. The van der Waals surface area contributed by atoms with Crippen molar-refractivity contribution in [2.45, 2.75) is 39.7 Å². The van der Waals surface area contributed by atoms with E-state index in [1.165, 1.54) is 6.07 Å². The average molecular weight is 328 g/mol. The van der Waals surface area contributed by atoms with E-state index in [9.17, 15) is 4.39 Å². The third kappa shape index (κ3) is 2.84. The second-order valence-electron chi connectivity index (χ2n) is 5.69. The van der Waals surface area contributed by atoms with Gasteiger partial charge in [-0.05, 0) is 34.0 Å². The van der Waals surface area contributed by atoms with Crippen molar-refractivity contribution < 1.29 is 8.81 Å². The molecule has 2 nitrogen and oxygen atoms in total. The van der Waals surface area contributed by atoms with Crippen LogP contribution in [0.3, 0.4) is 0 Å². The summed E-state index contributed by atoms with van der Waals surface area (Å²) >= 11 is 3.25. The van der Waals surface area contributed by atoms with Crippen molar-refractivity contribution in [2.75, 3.05) is 6.54 Å². The topological polar surface area (TPSA) is 25.2 Å². The van der Waals surface area contributed by atoms with Gasteiger partial charge in [0.25, 0.3) is 0 Å². The molecule has 4 heteroatoms. The summed E-state index contributed by atoms with van der Waals surface area (Å²) in [7, 11) is 0. The Balaban J connectivity index is 2.67. The number of hydrogen-bond donors (Lipinski definition) is 1. The van der Waals surface area contributed by atoms with Crippen LogP contribution in [0.15, 0.2) is 21.0 Å². The van der Waals surface area contributed by atoms with Crippen LogP contribution in [-0.4, -0.2) is 6.54 Å². The predicted molar refractivity (Wildman–Crippen MR) is 80.0 cm³/mol. The maximum atomic E-state index is 13.6. The highest BCUT2D eigenvalue weighted by Crippen LogP contribution is 2.37. The second-order valence-corrected chi connectivity index (χ2v) is 6.55. The summed E-state index contributed by atoms with van der Waals surface area (Å²) in [5, 5.41) is 4.25. The van der Waals surface area contributed by atoms with Crippen molar-refractivity contribution >= 4 is 26.9 Å². The standard InChI is InChI=1S/C15H19BrFNO/c1-5-18-8-13-14(15(2,3)4)9-6-10(16)11(17)7-12(9)19-13/h6-7,18H,5,8H2,1-4H3. The molecule has 0 unspecified atom stereocenters.